The second-order valence-electron chi connectivity index (χ2n) is 3.65. The standard InChI is InChI=1S/C11H11B2F3N/c1-8(12)13-7-17-6-9-2-4-10(5-3-9)11(14,15)16/h2-5,7,17H,6H2,1H3. The number of benzene rings is 1. The van der Waals surface area contributed by atoms with Gasteiger partial charge in [0.05, 0.1) is 0 Å². The predicted octanol–water partition coefficient (Wildman–Crippen LogP) is 1.58. The molecule has 0 bridgehead atoms. The van der Waals surface area contributed by atoms with Crippen LogP contribution in [0.25, 0.3) is 0 Å². The molecule has 0 amide bonds. The van der Waals surface area contributed by atoms with Crippen molar-refractivity contribution in [1.29, 1.82) is 0 Å². The second-order valence-corrected chi connectivity index (χ2v) is 3.65. The van der Waals surface area contributed by atoms with Crippen LogP contribution in [0.4, 0.5) is 13.2 Å². The van der Waals surface area contributed by atoms with Gasteiger partial charge < -0.3 is 0 Å². The van der Waals surface area contributed by atoms with Crippen molar-refractivity contribution in [1.82, 2.24) is 5.32 Å². The second kappa shape index (κ2) is 5.84. The van der Waals surface area contributed by atoms with E-state index in [9.17, 15) is 13.2 Å². The first-order valence-electron chi connectivity index (χ1n) is 5.04. The van der Waals surface area contributed by atoms with E-state index in [1.165, 1.54) is 12.1 Å². The Morgan fingerprint density at radius 3 is 2.41 bits per heavy atom. The van der Waals surface area contributed by atoms with E-state index < -0.39 is 11.7 Å². The van der Waals surface area contributed by atoms with Gasteiger partial charge in [-0.05, 0) is 0 Å². The molecule has 1 rings (SSSR count). The summed E-state index contributed by atoms with van der Waals surface area (Å²) in [7, 11) is 5.40. The van der Waals surface area contributed by atoms with Crippen LogP contribution in [0.2, 0.25) is 0 Å². The maximum atomic E-state index is 12.3. The van der Waals surface area contributed by atoms with Gasteiger partial charge in [0, 0.05) is 0 Å². The minimum absolute atomic E-state index is 0.460. The third-order valence-electron chi connectivity index (χ3n) is 2.05. The third-order valence-corrected chi connectivity index (χ3v) is 2.05. The first kappa shape index (κ1) is 13.7. The minimum atomic E-state index is -4.28. The average Bonchev–Trinajstić information content (AvgIpc) is 2.23. The van der Waals surface area contributed by atoms with Gasteiger partial charge in [-0.2, -0.15) is 0 Å². The summed E-state index contributed by atoms with van der Waals surface area (Å²) in [5, 5.41) is 3.59. The Labute approximate surface area is 100 Å². The van der Waals surface area contributed by atoms with Crippen LogP contribution in [0.1, 0.15) is 18.1 Å². The van der Waals surface area contributed by atoms with E-state index >= 15 is 0 Å². The fourth-order valence-electron chi connectivity index (χ4n) is 1.18. The van der Waals surface area contributed by atoms with E-state index in [0.29, 0.717) is 11.9 Å². The van der Waals surface area contributed by atoms with Gasteiger partial charge in [0.1, 0.15) is 0 Å². The average molecular weight is 236 g/mol. The molecule has 0 aliphatic heterocycles. The molecule has 1 N–H and O–H groups in total. The predicted molar refractivity (Wildman–Crippen MR) is 66.5 cm³/mol. The van der Waals surface area contributed by atoms with Crippen LogP contribution in [0, 0.1) is 0 Å². The van der Waals surface area contributed by atoms with Gasteiger partial charge in [-0.3, -0.25) is 0 Å². The molecule has 17 heavy (non-hydrogen) atoms. The molecule has 0 aliphatic rings. The van der Waals surface area contributed by atoms with Crippen molar-refractivity contribution in [2.75, 3.05) is 0 Å². The number of alkyl halides is 3. The van der Waals surface area contributed by atoms with Crippen LogP contribution in [-0.4, -0.2) is 25.9 Å². The molecule has 87 valence electrons. The number of rotatable bonds is 4. The van der Waals surface area contributed by atoms with E-state index in [-0.39, 0.29) is 0 Å². The summed E-state index contributed by atoms with van der Waals surface area (Å²) in [5.41, 5.74) is 0.139. The molecule has 0 aromatic heterocycles. The molecule has 6 heteroatoms. The monoisotopic (exact) mass is 236 g/mol. The third kappa shape index (κ3) is 5.02. The van der Waals surface area contributed by atoms with Crippen molar-refractivity contribution in [3.63, 3.8) is 0 Å². The van der Waals surface area contributed by atoms with Crippen LogP contribution in [0.3, 0.4) is 0 Å². The van der Waals surface area contributed by atoms with E-state index in [0.717, 1.165) is 17.7 Å². The molecule has 1 aromatic rings. The zero-order valence-electron chi connectivity index (χ0n) is 9.38. The molecule has 1 aromatic carbocycles. The van der Waals surface area contributed by atoms with Gasteiger partial charge in [0.15, 0.2) is 0 Å². The van der Waals surface area contributed by atoms with E-state index in [1.807, 2.05) is 0 Å². The maximum absolute atomic E-state index is 12.3. The molecule has 0 fully saturated rings. The van der Waals surface area contributed by atoms with E-state index in [4.69, 9.17) is 7.49 Å². The number of hydrogen-bond donors (Lipinski definition) is 1. The molecular formula is C11H11B2F3N. The molecule has 0 heterocycles. The summed E-state index contributed by atoms with van der Waals surface area (Å²) < 4.78 is 36.8. The van der Waals surface area contributed by atoms with Crippen LogP contribution in [0.15, 0.2) is 24.3 Å². The topological polar surface area (TPSA) is 12.0 Å². The molecule has 0 aliphatic carbocycles. The molecule has 1 radical (unpaired) electrons. The molecule has 0 saturated heterocycles. The Balaban J connectivity index is 2.55. The molecular weight excluding hydrogens is 225 g/mol. The van der Waals surface area contributed by atoms with Crippen LogP contribution in [0.5, 0.6) is 0 Å². The number of halogens is 3. The first-order valence-corrected chi connectivity index (χ1v) is 5.04. The zero-order valence-corrected chi connectivity index (χ0v) is 9.38. The summed E-state index contributed by atoms with van der Waals surface area (Å²) in [5.74, 6) is 0. The van der Waals surface area contributed by atoms with Crippen molar-refractivity contribution in [3.05, 3.63) is 35.4 Å². The summed E-state index contributed by atoms with van der Waals surface area (Å²) in [6, 6.07) is 5.04. The van der Waals surface area contributed by atoms with E-state index in [1.54, 1.807) is 19.9 Å². The Bertz CT molecular complexity index is 410. The van der Waals surface area contributed by atoms with Crippen molar-refractivity contribution in [2.45, 2.75) is 19.6 Å². The van der Waals surface area contributed by atoms with Crippen molar-refractivity contribution in [2.24, 2.45) is 0 Å². The van der Waals surface area contributed by atoms with Crippen molar-refractivity contribution in [3.8, 4) is 0 Å². The summed E-state index contributed by atoms with van der Waals surface area (Å²) in [6.45, 7) is 3.89. The fourth-order valence-corrected chi connectivity index (χ4v) is 1.18. The molecule has 0 atom stereocenters. The number of hydrogen-bond acceptors (Lipinski definition) is 1. The summed E-state index contributed by atoms with van der Waals surface area (Å²) >= 11 is 0. The normalized spacial score (nSPS) is 11.2. The summed E-state index contributed by atoms with van der Waals surface area (Å²) in [4.78, 5) is 0. The molecule has 0 spiro atoms. The van der Waals surface area contributed by atoms with Crippen LogP contribution < -0.4 is 5.32 Å². The quantitative estimate of drug-likeness (QED) is 0.782. The van der Waals surface area contributed by atoms with Gasteiger partial charge in [0.25, 0.3) is 0 Å². The Morgan fingerprint density at radius 1 is 1.35 bits per heavy atom. The van der Waals surface area contributed by atoms with Crippen LogP contribution >= 0.6 is 0 Å². The Hall–Kier alpha value is -1.32. The molecule has 0 unspecified atom stereocenters. The van der Waals surface area contributed by atoms with Crippen molar-refractivity contribution >= 4 is 25.9 Å². The SMILES string of the molecule is [B]=C(C)B=CNCc1ccc(C(F)(F)F)cc1. The number of nitrogens with one attached hydrogen (secondary N) is 1. The first-order chi connectivity index (χ1) is 7.89. The Morgan fingerprint density at radius 2 is 1.94 bits per heavy atom. The van der Waals surface area contributed by atoms with E-state index in [2.05, 4.69) is 5.32 Å². The zero-order chi connectivity index (χ0) is 12.9. The van der Waals surface area contributed by atoms with Gasteiger partial charge in [-0.1, -0.05) is 0 Å². The molecule has 1 nitrogen and oxygen atoms in total. The van der Waals surface area contributed by atoms with Gasteiger partial charge in [0.2, 0.25) is 0 Å². The summed E-state index contributed by atoms with van der Waals surface area (Å²) in [6.07, 6.45) is -2.62. The van der Waals surface area contributed by atoms with Crippen LogP contribution in [-0.2, 0) is 12.7 Å². The van der Waals surface area contributed by atoms with Crippen molar-refractivity contribution < 1.29 is 13.2 Å². The Kier molecular flexibility index (Phi) is 4.73. The molecule has 0 saturated carbocycles. The van der Waals surface area contributed by atoms with Gasteiger partial charge >= 0.3 is 99.4 Å². The van der Waals surface area contributed by atoms with Gasteiger partial charge in [-0.15, -0.1) is 0 Å². The van der Waals surface area contributed by atoms with Gasteiger partial charge in [-0.25, -0.2) is 0 Å². The fraction of sp³-hybridized carbons (Fsp3) is 0.273.